The van der Waals surface area contributed by atoms with Crippen molar-refractivity contribution in [3.8, 4) is 0 Å². The Kier molecular flexibility index (Phi) is 5.37. The number of Topliss-reactive ketones (excluding diaryl/α,β-unsaturated/α-hetero) is 1. The minimum absolute atomic E-state index is 0.0266. The Bertz CT molecular complexity index is 125. The van der Waals surface area contributed by atoms with Crippen LogP contribution >= 0.6 is 0 Å². The van der Waals surface area contributed by atoms with Crippen LogP contribution in [0.15, 0.2) is 0 Å². The van der Waals surface area contributed by atoms with E-state index in [0.29, 0.717) is 0 Å². The number of carbonyl (C=O) groups is 2. The molecule has 0 saturated carbocycles. The molecule has 64 valence electrons. The third kappa shape index (κ3) is 5.54. The van der Waals surface area contributed by atoms with Crippen LogP contribution < -0.4 is 0 Å². The second-order valence-electron chi connectivity index (χ2n) is 1.99. The Morgan fingerprint density at radius 3 is 2.55 bits per heavy atom. The molecule has 0 bridgehead atoms. The molecule has 4 heteroatoms. The molecule has 0 radical (unpaired) electrons. The highest BCUT2D eigenvalue weighted by molar-refractivity contribution is 5.95. The Morgan fingerprint density at radius 2 is 2.09 bits per heavy atom. The predicted octanol–water partition coefficient (Wildman–Crippen LogP) is -0.109. The minimum Gasteiger partial charge on any atom is -0.466 e. The molecule has 0 amide bonds. The van der Waals surface area contributed by atoms with Crippen LogP contribution in [-0.4, -0.2) is 30.1 Å². The summed E-state index contributed by atoms with van der Waals surface area (Å²) in [6.45, 7) is 1.75. The van der Waals surface area contributed by atoms with Gasteiger partial charge in [0.05, 0.1) is 6.61 Å². The molecule has 1 N–H and O–H groups in total. The highest BCUT2D eigenvalue weighted by Crippen LogP contribution is 1.91. The van der Waals surface area contributed by atoms with Crippen molar-refractivity contribution in [2.24, 2.45) is 0 Å². The van der Waals surface area contributed by atoms with Crippen molar-refractivity contribution in [2.75, 3.05) is 13.2 Å². The normalized spacial score (nSPS) is 9.27. The summed E-state index contributed by atoms with van der Waals surface area (Å²) in [4.78, 5) is 21.3. The van der Waals surface area contributed by atoms with E-state index in [2.05, 4.69) is 4.74 Å². The standard InChI is InChI=1S/C7H12O4/c1-2-11-7(10)5-6(9)3-4-8/h8H,2-5H2,1H3. The van der Waals surface area contributed by atoms with Gasteiger partial charge < -0.3 is 9.84 Å². The fourth-order valence-electron chi connectivity index (χ4n) is 0.586. The summed E-state index contributed by atoms with van der Waals surface area (Å²) in [5.74, 6) is -0.808. The Balaban J connectivity index is 3.49. The molecule has 4 nitrogen and oxygen atoms in total. The van der Waals surface area contributed by atoms with Crippen LogP contribution in [0.2, 0.25) is 0 Å². The molecule has 0 aliphatic carbocycles. The van der Waals surface area contributed by atoms with Crippen LogP contribution in [0.5, 0.6) is 0 Å². The number of carbonyl (C=O) groups excluding carboxylic acids is 2. The zero-order valence-electron chi connectivity index (χ0n) is 6.50. The van der Waals surface area contributed by atoms with Crippen molar-refractivity contribution in [2.45, 2.75) is 19.8 Å². The Morgan fingerprint density at radius 1 is 1.45 bits per heavy atom. The van der Waals surface area contributed by atoms with E-state index in [1.807, 2.05) is 0 Å². The van der Waals surface area contributed by atoms with Gasteiger partial charge in [0.1, 0.15) is 12.2 Å². The molecule has 11 heavy (non-hydrogen) atoms. The van der Waals surface area contributed by atoms with E-state index in [1.54, 1.807) is 6.92 Å². The van der Waals surface area contributed by atoms with Crippen molar-refractivity contribution < 1.29 is 19.4 Å². The molecule has 0 aliphatic heterocycles. The van der Waals surface area contributed by atoms with Crippen LogP contribution in [0.3, 0.4) is 0 Å². The molecule has 0 aromatic heterocycles. The van der Waals surface area contributed by atoms with Crippen LogP contribution in [-0.2, 0) is 14.3 Å². The van der Waals surface area contributed by atoms with Crippen LogP contribution in [0.4, 0.5) is 0 Å². The SMILES string of the molecule is CCOC(=O)CC(=O)CCO. The average Bonchev–Trinajstić information content (AvgIpc) is 1.87. The number of esters is 1. The lowest BCUT2D eigenvalue weighted by Crippen LogP contribution is -2.11. The van der Waals surface area contributed by atoms with E-state index in [-0.39, 0.29) is 31.8 Å². The highest BCUT2D eigenvalue weighted by atomic mass is 16.5. The van der Waals surface area contributed by atoms with Gasteiger partial charge in [0, 0.05) is 13.0 Å². The van der Waals surface area contributed by atoms with Gasteiger partial charge in [-0.1, -0.05) is 0 Å². The number of aliphatic hydroxyl groups is 1. The van der Waals surface area contributed by atoms with Gasteiger partial charge in [0.25, 0.3) is 0 Å². The third-order valence-electron chi connectivity index (χ3n) is 1.04. The fourth-order valence-corrected chi connectivity index (χ4v) is 0.586. The number of rotatable bonds is 5. The third-order valence-corrected chi connectivity index (χ3v) is 1.04. The first kappa shape index (κ1) is 10.1. The lowest BCUT2D eigenvalue weighted by molar-refractivity contribution is -0.145. The molecule has 0 spiro atoms. The number of ketones is 1. The molecule has 0 aromatic rings. The molecule has 0 heterocycles. The van der Waals surface area contributed by atoms with Crippen molar-refractivity contribution in [1.29, 1.82) is 0 Å². The fraction of sp³-hybridized carbons (Fsp3) is 0.714. The maximum Gasteiger partial charge on any atom is 0.313 e. The maximum absolute atomic E-state index is 10.7. The number of hydrogen-bond acceptors (Lipinski definition) is 4. The summed E-state index contributed by atoms with van der Waals surface area (Å²) in [5, 5.41) is 8.31. The summed E-state index contributed by atoms with van der Waals surface area (Å²) < 4.78 is 4.52. The molecular formula is C7H12O4. The predicted molar refractivity (Wildman–Crippen MR) is 38.0 cm³/mol. The second kappa shape index (κ2) is 5.85. The first-order valence-electron chi connectivity index (χ1n) is 3.49. The average molecular weight is 160 g/mol. The monoisotopic (exact) mass is 160 g/mol. The first-order valence-corrected chi connectivity index (χ1v) is 3.49. The van der Waals surface area contributed by atoms with Crippen molar-refractivity contribution in [1.82, 2.24) is 0 Å². The van der Waals surface area contributed by atoms with Gasteiger partial charge in [0.15, 0.2) is 0 Å². The summed E-state index contributed by atoms with van der Waals surface area (Å²) in [6, 6.07) is 0. The van der Waals surface area contributed by atoms with Gasteiger partial charge in [-0.05, 0) is 6.92 Å². The minimum atomic E-state index is -0.522. The van der Waals surface area contributed by atoms with Gasteiger partial charge in [-0.25, -0.2) is 0 Å². The number of aliphatic hydroxyl groups excluding tert-OH is 1. The molecule has 0 atom stereocenters. The van der Waals surface area contributed by atoms with E-state index in [1.165, 1.54) is 0 Å². The van der Waals surface area contributed by atoms with Crippen molar-refractivity contribution in [3.05, 3.63) is 0 Å². The first-order chi connectivity index (χ1) is 5.20. The number of hydrogen-bond donors (Lipinski definition) is 1. The quantitative estimate of drug-likeness (QED) is 0.450. The largest absolute Gasteiger partial charge is 0.466 e. The molecular weight excluding hydrogens is 148 g/mol. The van der Waals surface area contributed by atoms with Crippen molar-refractivity contribution >= 4 is 11.8 Å². The van der Waals surface area contributed by atoms with Gasteiger partial charge in [-0.3, -0.25) is 9.59 Å². The van der Waals surface area contributed by atoms with Gasteiger partial charge in [-0.2, -0.15) is 0 Å². The molecule has 0 fully saturated rings. The van der Waals surface area contributed by atoms with Crippen LogP contribution in [0.1, 0.15) is 19.8 Å². The summed E-state index contributed by atoms with van der Waals surface area (Å²) in [7, 11) is 0. The molecule has 0 aromatic carbocycles. The summed E-state index contributed by atoms with van der Waals surface area (Å²) in [5.41, 5.74) is 0. The van der Waals surface area contributed by atoms with Crippen molar-refractivity contribution in [3.63, 3.8) is 0 Å². The van der Waals surface area contributed by atoms with Gasteiger partial charge in [0.2, 0.25) is 0 Å². The van der Waals surface area contributed by atoms with E-state index in [0.717, 1.165) is 0 Å². The van der Waals surface area contributed by atoms with E-state index in [4.69, 9.17) is 5.11 Å². The van der Waals surface area contributed by atoms with E-state index < -0.39 is 5.97 Å². The lowest BCUT2D eigenvalue weighted by atomic mass is 10.2. The van der Waals surface area contributed by atoms with Gasteiger partial charge in [-0.15, -0.1) is 0 Å². The lowest BCUT2D eigenvalue weighted by Gasteiger charge is -1.98. The molecule has 0 unspecified atom stereocenters. The smallest absolute Gasteiger partial charge is 0.313 e. The summed E-state index contributed by atoms with van der Waals surface area (Å²) in [6.07, 6.45) is -0.201. The molecule has 0 saturated heterocycles. The highest BCUT2D eigenvalue weighted by Gasteiger charge is 2.08. The summed E-state index contributed by atoms with van der Waals surface area (Å²) >= 11 is 0. The Hall–Kier alpha value is -0.900. The van der Waals surface area contributed by atoms with Crippen LogP contribution in [0, 0.1) is 0 Å². The van der Waals surface area contributed by atoms with E-state index in [9.17, 15) is 9.59 Å². The maximum atomic E-state index is 10.7. The zero-order chi connectivity index (χ0) is 8.69. The van der Waals surface area contributed by atoms with Gasteiger partial charge >= 0.3 is 5.97 Å². The molecule has 0 rings (SSSR count). The zero-order valence-corrected chi connectivity index (χ0v) is 6.50. The molecule has 0 aliphatic rings. The topological polar surface area (TPSA) is 63.6 Å². The number of ether oxygens (including phenoxy) is 1. The van der Waals surface area contributed by atoms with Crippen LogP contribution in [0.25, 0.3) is 0 Å². The van der Waals surface area contributed by atoms with E-state index >= 15 is 0 Å². The Labute approximate surface area is 65.2 Å². The second-order valence-corrected chi connectivity index (χ2v) is 1.99.